The number of anilines is 2. The number of hydrogen-bond donors (Lipinski definition) is 3. The summed E-state index contributed by atoms with van der Waals surface area (Å²) in [5, 5.41) is 13.9. The van der Waals surface area contributed by atoms with Crippen LogP contribution in [0.4, 0.5) is 17.3 Å². The summed E-state index contributed by atoms with van der Waals surface area (Å²) in [7, 11) is 0. The molecule has 0 aliphatic carbocycles. The Morgan fingerprint density at radius 3 is 2.70 bits per heavy atom. The molecule has 106 valence electrons. The monoisotopic (exact) mass is 293 g/mol. The molecule has 0 unspecified atom stereocenters. The zero-order valence-electron chi connectivity index (χ0n) is 10.9. The van der Waals surface area contributed by atoms with Crippen LogP contribution in [0, 0.1) is 10.1 Å². The maximum atomic E-state index is 11.0. The SMILES string of the molecule is CCc1ccc(CNc2nc(NN)ccc2[N+](=O)[O-])s1. The average molecular weight is 293 g/mol. The van der Waals surface area contributed by atoms with E-state index in [9.17, 15) is 10.1 Å². The number of hydrazine groups is 1. The minimum atomic E-state index is -0.471. The van der Waals surface area contributed by atoms with Crippen molar-refractivity contribution in [3.63, 3.8) is 0 Å². The lowest BCUT2D eigenvalue weighted by Gasteiger charge is -2.07. The highest BCUT2D eigenvalue weighted by atomic mass is 32.1. The maximum absolute atomic E-state index is 11.0. The molecule has 0 radical (unpaired) electrons. The average Bonchev–Trinajstić information content (AvgIpc) is 2.92. The predicted molar refractivity (Wildman–Crippen MR) is 79.7 cm³/mol. The van der Waals surface area contributed by atoms with Crippen molar-refractivity contribution in [2.75, 3.05) is 10.7 Å². The van der Waals surface area contributed by atoms with Gasteiger partial charge in [0.2, 0.25) is 5.82 Å². The molecule has 0 bridgehead atoms. The lowest BCUT2D eigenvalue weighted by Crippen LogP contribution is -2.11. The van der Waals surface area contributed by atoms with Crippen LogP contribution in [0.25, 0.3) is 0 Å². The van der Waals surface area contributed by atoms with Crippen LogP contribution >= 0.6 is 11.3 Å². The van der Waals surface area contributed by atoms with Crippen molar-refractivity contribution in [2.45, 2.75) is 19.9 Å². The van der Waals surface area contributed by atoms with E-state index in [-0.39, 0.29) is 11.5 Å². The lowest BCUT2D eigenvalue weighted by molar-refractivity contribution is -0.384. The number of nitro groups is 1. The zero-order chi connectivity index (χ0) is 14.5. The van der Waals surface area contributed by atoms with E-state index in [1.54, 1.807) is 11.3 Å². The summed E-state index contributed by atoms with van der Waals surface area (Å²) in [6.07, 6.45) is 0.982. The van der Waals surface area contributed by atoms with E-state index in [4.69, 9.17) is 5.84 Å². The molecule has 2 aromatic heterocycles. The molecule has 2 rings (SSSR count). The largest absolute Gasteiger partial charge is 0.359 e. The third-order valence-corrected chi connectivity index (χ3v) is 3.94. The normalized spacial score (nSPS) is 10.3. The molecule has 8 heteroatoms. The van der Waals surface area contributed by atoms with Crippen molar-refractivity contribution in [3.05, 3.63) is 44.1 Å². The molecule has 20 heavy (non-hydrogen) atoms. The summed E-state index contributed by atoms with van der Waals surface area (Å²) in [4.78, 5) is 16.9. The number of aromatic nitrogens is 1. The van der Waals surface area contributed by atoms with Gasteiger partial charge in [-0.05, 0) is 24.6 Å². The number of thiophene rings is 1. The Morgan fingerprint density at radius 1 is 1.35 bits per heavy atom. The molecule has 0 aromatic carbocycles. The molecule has 0 amide bonds. The van der Waals surface area contributed by atoms with Gasteiger partial charge < -0.3 is 10.7 Å². The number of nitrogens with zero attached hydrogens (tertiary/aromatic N) is 2. The fourth-order valence-corrected chi connectivity index (χ4v) is 2.59. The van der Waals surface area contributed by atoms with Crippen LogP contribution in [0.15, 0.2) is 24.3 Å². The van der Waals surface area contributed by atoms with Crippen LogP contribution in [-0.2, 0) is 13.0 Å². The van der Waals surface area contributed by atoms with Crippen LogP contribution in [0.5, 0.6) is 0 Å². The van der Waals surface area contributed by atoms with Crippen molar-refractivity contribution >= 4 is 28.7 Å². The van der Waals surface area contributed by atoms with Crippen molar-refractivity contribution in [1.29, 1.82) is 0 Å². The van der Waals surface area contributed by atoms with E-state index in [0.717, 1.165) is 11.3 Å². The van der Waals surface area contributed by atoms with Gasteiger partial charge in [0.25, 0.3) is 0 Å². The van der Waals surface area contributed by atoms with Gasteiger partial charge in [0, 0.05) is 15.8 Å². The molecule has 0 aliphatic rings. The molecule has 0 spiro atoms. The quantitative estimate of drug-likeness (QED) is 0.429. The van der Waals surface area contributed by atoms with Gasteiger partial charge >= 0.3 is 5.69 Å². The summed E-state index contributed by atoms with van der Waals surface area (Å²) in [5.74, 6) is 5.84. The van der Waals surface area contributed by atoms with Crippen LogP contribution < -0.4 is 16.6 Å². The first kappa shape index (κ1) is 14.2. The third kappa shape index (κ3) is 3.22. The first-order chi connectivity index (χ1) is 9.63. The molecule has 2 aromatic rings. The third-order valence-electron chi connectivity index (χ3n) is 2.71. The fraction of sp³-hybridized carbons (Fsp3) is 0.250. The van der Waals surface area contributed by atoms with E-state index in [1.165, 1.54) is 17.0 Å². The molecule has 0 aliphatic heterocycles. The number of aryl methyl sites for hydroxylation is 1. The Kier molecular flexibility index (Phi) is 4.49. The van der Waals surface area contributed by atoms with Gasteiger partial charge in [-0.2, -0.15) is 0 Å². The van der Waals surface area contributed by atoms with Gasteiger partial charge in [-0.15, -0.1) is 11.3 Å². The molecule has 4 N–H and O–H groups in total. The highest BCUT2D eigenvalue weighted by molar-refractivity contribution is 7.12. The number of rotatable bonds is 6. The Balaban J connectivity index is 2.16. The zero-order valence-corrected chi connectivity index (χ0v) is 11.7. The van der Waals surface area contributed by atoms with Gasteiger partial charge in [-0.1, -0.05) is 6.92 Å². The molecule has 0 atom stereocenters. The second-order valence-electron chi connectivity index (χ2n) is 4.04. The summed E-state index contributed by atoms with van der Waals surface area (Å²) >= 11 is 1.68. The molecule has 0 saturated carbocycles. The van der Waals surface area contributed by atoms with E-state index in [1.807, 2.05) is 6.07 Å². The van der Waals surface area contributed by atoms with Crippen molar-refractivity contribution in [1.82, 2.24) is 4.98 Å². The predicted octanol–water partition coefficient (Wildman–Crippen LogP) is 2.51. The van der Waals surface area contributed by atoms with Gasteiger partial charge in [0.05, 0.1) is 11.5 Å². The maximum Gasteiger partial charge on any atom is 0.311 e. The molecule has 7 nitrogen and oxygen atoms in total. The highest BCUT2D eigenvalue weighted by Gasteiger charge is 2.15. The van der Waals surface area contributed by atoms with E-state index < -0.39 is 4.92 Å². The minimum absolute atomic E-state index is 0.0729. The Labute approximate surface area is 120 Å². The number of pyridine rings is 1. The Morgan fingerprint density at radius 2 is 2.10 bits per heavy atom. The van der Waals surface area contributed by atoms with E-state index in [0.29, 0.717) is 12.4 Å². The smallest absolute Gasteiger partial charge is 0.311 e. The molecule has 0 fully saturated rings. The van der Waals surface area contributed by atoms with Crippen LogP contribution in [0.1, 0.15) is 16.7 Å². The number of nitrogens with two attached hydrogens (primary N) is 1. The standard InChI is InChI=1S/C12H15N5O2S/c1-2-8-3-4-9(20-8)7-14-12-10(17(18)19)5-6-11(15-12)16-13/h3-6H,2,7,13H2,1H3,(H2,14,15,16). The van der Waals surface area contributed by atoms with Crippen LogP contribution in [0.2, 0.25) is 0 Å². The first-order valence-electron chi connectivity index (χ1n) is 6.07. The first-order valence-corrected chi connectivity index (χ1v) is 6.89. The van der Waals surface area contributed by atoms with Gasteiger partial charge in [-0.25, -0.2) is 10.8 Å². The number of nitrogen functional groups attached to an aromatic ring is 1. The molecule has 0 saturated heterocycles. The van der Waals surface area contributed by atoms with Crippen molar-refractivity contribution in [3.8, 4) is 0 Å². The van der Waals surface area contributed by atoms with Crippen molar-refractivity contribution < 1.29 is 4.92 Å². The van der Waals surface area contributed by atoms with E-state index in [2.05, 4.69) is 28.7 Å². The summed E-state index contributed by atoms with van der Waals surface area (Å²) in [5.41, 5.74) is 2.30. The Bertz CT molecular complexity index is 614. The Hall–Kier alpha value is -2.19. The summed E-state index contributed by atoms with van der Waals surface area (Å²) in [6, 6.07) is 6.90. The van der Waals surface area contributed by atoms with Gasteiger partial charge in [0.15, 0.2) is 0 Å². The summed E-state index contributed by atoms with van der Waals surface area (Å²) in [6.45, 7) is 2.58. The number of nitrogens with one attached hydrogen (secondary N) is 2. The lowest BCUT2D eigenvalue weighted by atomic mass is 10.3. The van der Waals surface area contributed by atoms with Crippen molar-refractivity contribution in [2.24, 2.45) is 5.84 Å². The van der Waals surface area contributed by atoms with Gasteiger partial charge in [0.1, 0.15) is 5.82 Å². The number of hydrogen-bond acceptors (Lipinski definition) is 7. The topological polar surface area (TPSA) is 106 Å². The minimum Gasteiger partial charge on any atom is -0.359 e. The van der Waals surface area contributed by atoms with Crippen LogP contribution in [0.3, 0.4) is 0 Å². The second kappa shape index (κ2) is 6.31. The molecule has 2 heterocycles. The highest BCUT2D eigenvalue weighted by Crippen LogP contribution is 2.25. The molecular formula is C12H15N5O2S. The molecular weight excluding hydrogens is 278 g/mol. The van der Waals surface area contributed by atoms with E-state index >= 15 is 0 Å². The summed E-state index contributed by atoms with van der Waals surface area (Å²) < 4.78 is 0. The van der Waals surface area contributed by atoms with Gasteiger partial charge in [-0.3, -0.25) is 10.1 Å². The fourth-order valence-electron chi connectivity index (χ4n) is 1.69. The second-order valence-corrected chi connectivity index (χ2v) is 5.29. The van der Waals surface area contributed by atoms with Crippen LogP contribution in [-0.4, -0.2) is 9.91 Å².